The number of nitrogens with zero attached hydrogens (tertiary/aromatic N) is 1. The molecule has 0 saturated heterocycles. The highest BCUT2D eigenvalue weighted by Crippen LogP contribution is 2.44. The molecule has 248 valence electrons. The molecule has 53 heavy (non-hydrogen) atoms. The van der Waals surface area contributed by atoms with Crippen molar-refractivity contribution in [3.63, 3.8) is 0 Å². The lowest BCUT2D eigenvalue weighted by Crippen LogP contribution is -2.10. The minimum atomic E-state index is 0.832. The first kappa shape index (κ1) is 29.6. The molecule has 0 bridgehead atoms. The van der Waals surface area contributed by atoms with Crippen molar-refractivity contribution in [3.8, 4) is 22.3 Å². The third-order valence-electron chi connectivity index (χ3n) is 10.7. The Balaban J connectivity index is 1.09. The number of fused-ring (bicyclic) bond motifs is 9. The second-order valence-corrected chi connectivity index (χ2v) is 13.7. The minimum Gasteiger partial charge on any atom is -0.456 e. The zero-order valence-corrected chi connectivity index (χ0v) is 28.7. The molecule has 3 heteroatoms. The SMILES string of the molecule is c1cc(-c2cccc3c2oc2c3ccc3oc4ccccc4c32)cc(N(c2ccc(-c3cccc4ccccc34)cc2)c2cccc3ccccc23)c1. The monoisotopic (exact) mass is 677 g/mol. The van der Waals surface area contributed by atoms with Crippen LogP contribution in [0.4, 0.5) is 17.1 Å². The van der Waals surface area contributed by atoms with Crippen molar-refractivity contribution in [2.24, 2.45) is 0 Å². The molecule has 9 aromatic carbocycles. The highest BCUT2D eigenvalue weighted by molar-refractivity contribution is 6.23. The van der Waals surface area contributed by atoms with Gasteiger partial charge in [-0.05, 0) is 81.4 Å². The van der Waals surface area contributed by atoms with E-state index in [2.05, 4.69) is 181 Å². The minimum absolute atomic E-state index is 0.832. The van der Waals surface area contributed by atoms with Gasteiger partial charge in [0.15, 0.2) is 0 Å². The fourth-order valence-corrected chi connectivity index (χ4v) is 8.20. The molecule has 0 amide bonds. The van der Waals surface area contributed by atoms with E-state index >= 15 is 0 Å². The summed E-state index contributed by atoms with van der Waals surface area (Å²) in [5.41, 5.74) is 11.2. The quantitative estimate of drug-likeness (QED) is 0.182. The van der Waals surface area contributed by atoms with Gasteiger partial charge in [-0.15, -0.1) is 0 Å². The third-order valence-corrected chi connectivity index (χ3v) is 10.7. The van der Waals surface area contributed by atoms with Crippen molar-refractivity contribution in [2.75, 3.05) is 4.90 Å². The largest absolute Gasteiger partial charge is 0.456 e. The first-order valence-corrected chi connectivity index (χ1v) is 18.0. The lowest BCUT2D eigenvalue weighted by Gasteiger charge is -2.27. The van der Waals surface area contributed by atoms with Crippen molar-refractivity contribution >= 4 is 82.5 Å². The van der Waals surface area contributed by atoms with Gasteiger partial charge in [-0.3, -0.25) is 0 Å². The summed E-state index contributed by atoms with van der Waals surface area (Å²) < 4.78 is 13.1. The van der Waals surface area contributed by atoms with E-state index in [-0.39, 0.29) is 0 Å². The van der Waals surface area contributed by atoms with Gasteiger partial charge in [-0.2, -0.15) is 0 Å². The average Bonchev–Trinajstić information content (AvgIpc) is 3.80. The maximum absolute atomic E-state index is 6.86. The smallest absolute Gasteiger partial charge is 0.147 e. The zero-order chi connectivity index (χ0) is 34.9. The number of para-hydroxylation sites is 2. The number of furan rings is 2. The zero-order valence-electron chi connectivity index (χ0n) is 28.7. The molecule has 11 rings (SSSR count). The predicted molar refractivity (Wildman–Crippen MR) is 222 cm³/mol. The maximum atomic E-state index is 6.86. The van der Waals surface area contributed by atoms with E-state index in [0.29, 0.717) is 0 Å². The van der Waals surface area contributed by atoms with Gasteiger partial charge in [-0.1, -0.05) is 140 Å². The normalized spacial score (nSPS) is 11.8. The van der Waals surface area contributed by atoms with E-state index in [1.54, 1.807) is 0 Å². The van der Waals surface area contributed by atoms with Gasteiger partial charge in [0.05, 0.1) is 11.1 Å². The Morgan fingerprint density at radius 1 is 0.340 bits per heavy atom. The van der Waals surface area contributed by atoms with Crippen molar-refractivity contribution in [1.29, 1.82) is 0 Å². The molecule has 0 N–H and O–H groups in total. The Morgan fingerprint density at radius 2 is 0.981 bits per heavy atom. The van der Waals surface area contributed by atoms with Crippen molar-refractivity contribution in [3.05, 3.63) is 188 Å². The molecule has 0 aliphatic carbocycles. The van der Waals surface area contributed by atoms with Crippen LogP contribution in [0.3, 0.4) is 0 Å². The summed E-state index contributed by atoms with van der Waals surface area (Å²) in [6.07, 6.45) is 0. The molecule has 2 heterocycles. The maximum Gasteiger partial charge on any atom is 0.147 e. The lowest BCUT2D eigenvalue weighted by molar-refractivity contribution is 0.663. The highest BCUT2D eigenvalue weighted by atomic mass is 16.3. The number of benzene rings is 9. The van der Waals surface area contributed by atoms with Gasteiger partial charge in [-0.25, -0.2) is 0 Å². The van der Waals surface area contributed by atoms with E-state index in [4.69, 9.17) is 8.83 Å². The Kier molecular flexibility index (Phi) is 6.55. The van der Waals surface area contributed by atoms with Crippen LogP contribution in [0.2, 0.25) is 0 Å². The van der Waals surface area contributed by atoms with E-state index < -0.39 is 0 Å². The van der Waals surface area contributed by atoms with Gasteiger partial charge in [0.2, 0.25) is 0 Å². The summed E-state index contributed by atoms with van der Waals surface area (Å²) in [5, 5.41) is 9.13. The fourth-order valence-electron chi connectivity index (χ4n) is 8.20. The summed E-state index contributed by atoms with van der Waals surface area (Å²) in [6, 6.07) is 66.9. The topological polar surface area (TPSA) is 29.5 Å². The van der Waals surface area contributed by atoms with Crippen molar-refractivity contribution in [1.82, 2.24) is 0 Å². The van der Waals surface area contributed by atoms with Crippen LogP contribution in [-0.2, 0) is 0 Å². The van der Waals surface area contributed by atoms with E-state index in [0.717, 1.165) is 72.1 Å². The van der Waals surface area contributed by atoms with Crippen LogP contribution >= 0.6 is 0 Å². The Hall–Kier alpha value is -7.10. The van der Waals surface area contributed by atoms with Crippen molar-refractivity contribution < 1.29 is 8.83 Å². The van der Waals surface area contributed by atoms with Crippen LogP contribution in [0.1, 0.15) is 0 Å². The molecule has 0 atom stereocenters. The van der Waals surface area contributed by atoms with Gasteiger partial charge in [0, 0.05) is 38.5 Å². The summed E-state index contributed by atoms with van der Waals surface area (Å²) in [4.78, 5) is 2.37. The third kappa shape index (κ3) is 4.68. The summed E-state index contributed by atoms with van der Waals surface area (Å²) >= 11 is 0. The van der Waals surface area contributed by atoms with Crippen LogP contribution < -0.4 is 4.90 Å². The van der Waals surface area contributed by atoms with Crippen LogP contribution in [0, 0.1) is 0 Å². The Labute approximate surface area is 305 Å². The molecular formula is C50H31NO2. The first-order chi connectivity index (χ1) is 26.3. The Morgan fingerprint density at radius 3 is 1.85 bits per heavy atom. The number of hydrogen-bond acceptors (Lipinski definition) is 3. The van der Waals surface area contributed by atoms with Crippen LogP contribution in [0.25, 0.3) is 87.7 Å². The predicted octanol–water partition coefficient (Wildman–Crippen LogP) is 14.6. The second-order valence-electron chi connectivity index (χ2n) is 13.7. The van der Waals surface area contributed by atoms with Gasteiger partial charge in [0.1, 0.15) is 22.3 Å². The van der Waals surface area contributed by atoms with Gasteiger partial charge in [0.25, 0.3) is 0 Å². The molecule has 0 saturated carbocycles. The molecule has 2 aromatic heterocycles. The number of anilines is 3. The van der Waals surface area contributed by atoms with Gasteiger partial charge >= 0.3 is 0 Å². The van der Waals surface area contributed by atoms with Crippen LogP contribution in [0.5, 0.6) is 0 Å². The van der Waals surface area contributed by atoms with Crippen LogP contribution in [-0.4, -0.2) is 0 Å². The summed E-state index contributed by atoms with van der Waals surface area (Å²) in [7, 11) is 0. The highest BCUT2D eigenvalue weighted by Gasteiger charge is 2.20. The second kappa shape index (κ2) is 11.7. The van der Waals surface area contributed by atoms with E-state index in [1.807, 2.05) is 12.1 Å². The van der Waals surface area contributed by atoms with E-state index in [9.17, 15) is 0 Å². The average molecular weight is 678 g/mol. The van der Waals surface area contributed by atoms with Gasteiger partial charge < -0.3 is 13.7 Å². The number of hydrogen-bond donors (Lipinski definition) is 0. The standard InChI is InChI=1S/C50H31NO2/c1-3-17-38-32(11-1)13-8-20-39(38)34-25-27-36(28-26-34)51(45-23-9-14-33-12-2-4-18-40(33)45)37-16-7-15-35(31-37)41-21-10-22-42-43-29-30-47-48(50(43)53-49(41)42)44-19-5-6-24-46(44)52-47/h1-31H. The van der Waals surface area contributed by atoms with Crippen LogP contribution in [0.15, 0.2) is 197 Å². The van der Waals surface area contributed by atoms with Crippen molar-refractivity contribution in [2.45, 2.75) is 0 Å². The fraction of sp³-hybridized carbons (Fsp3) is 0. The van der Waals surface area contributed by atoms with E-state index in [1.165, 1.54) is 32.7 Å². The molecule has 0 fully saturated rings. The molecule has 0 aliphatic heterocycles. The molecule has 0 spiro atoms. The molecule has 0 aliphatic rings. The molecular weight excluding hydrogens is 647 g/mol. The number of rotatable bonds is 5. The first-order valence-electron chi connectivity index (χ1n) is 18.0. The molecule has 0 unspecified atom stereocenters. The molecule has 11 aromatic rings. The summed E-state index contributed by atoms with van der Waals surface area (Å²) in [6.45, 7) is 0. The molecule has 0 radical (unpaired) electrons. The summed E-state index contributed by atoms with van der Waals surface area (Å²) in [5.74, 6) is 0. The molecule has 3 nitrogen and oxygen atoms in total. The Bertz CT molecular complexity index is 3170. The lowest BCUT2D eigenvalue weighted by atomic mass is 9.97.